The lowest BCUT2D eigenvalue weighted by atomic mass is 10.2. The molecule has 0 aliphatic carbocycles. The van der Waals surface area contributed by atoms with Gasteiger partial charge < -0.3 is 5.32 Å². The van der Waals surface area contributed by atoms with Crippen molar-refractivity contribution in [3.05, 3.63) is 64.4 Å². The third kappa shape index (κ3) is 4.07. The zero-order valence-electron chi connectivity index (χ0n) is 10.9. The van der Waals surface area contributed by atoms with E-state index in [9.17, 15) is 4.79 Å². The van der Waals surface area contributed by atoms with Crippen LogP contribution in [-0.4, -0.2) is 5.91 Å². The average molecular weight is 271 g/mol. The highest BCUT2D eigenvalue weighted by atomic mass is 32.1. The Hall–Kier alpha value is -1.87. The summed E-state index contributed by atoms with van der Waals surface area (Å²) >= 11 is 1.67. The SMILES string of the molecule is CC[C@H](NC(=O)/C=C/c1ccccc1)c1cccs1. The number of carbonyl (C=O) groups excluding carboxylic acids is 1. The fraction of sp³-hybridized carbons (Fsp3) is 0.188. The monoisotopic (exact) mass is 271 g/mol. The normalized spacial score (nSPS) is 12.5. The van der Waals surface area contributed by atoms with E-state index in [4.69, 9.17) is 0 Å². The predicted molar refractivity (Wildman–Crippen MR) is 81.0 cm³/mol. The molecule has 0 spiro atoms. The third-order valence-electron chi connectivity index (χ3n) is 2.84. The maximum atomic E-state index is 11.9. The molecule has 0 radical (unpaired) electrons. The first kappa shape index (κ1) is 13.6. The molecule has 0 aliphatic rings. The topological polar surface area (TPSA) is 29.1 Å². The highest BCUT2D eigenvalue weighted by molar-refractivity contribution is 7.10. The van der Waals surface area contributed by atoms with E-state index in [1.807, 2.05) is 47.9 Å². The van der Waals surface area contributed by atoms with E-state index >= 15 is 0 Å². The second-order valence-corrected chi connectivity index (χ2v) is 5.21. The molecule has 1 amide bonds. The Labute approximate surface area is 117 Å². The van der Waals surface area contributed by atoms with Crippen LogP contribution < -0.4 is 5.32 Å². The summed E-state index contributed by atoms with van der Waals surface area (Å²) < 4.78 is 0. The van der Waals surface area contributed by atoms with Crippen LogP contribution in [-0.2, 0) is 4.79 Å². The molecule has 0 saturated heterocycles. The summed E-state index contributed by atoms with van der Waals surface area (Å²) in [5.41, 5.74) is 1.03. The first-order valence-corrected chi connectivity index (χ1v) is 7.24. The zero-order chi connectivity index (χ0) is 13.5. The van der Waals surface area contributed by atoms with Crippen molar-refractivity contribution in [3.8, 4) is 0 Å². The fourth-order valence-corrected chi connectivity index (χ4v) is 2.68. The smallest absolute Gasteiger partial charge is 0.244 e. The number of amides is 1. The van der Waals surface area contributed by atoms with E-state index in [1.54, 1.807) is 17.4 Å². The van der Waals surface area contributed by atoms with Gasteiger partial charge in [0.1, 0.15) is 0 Å². The van der Waals surface area contributed by atoms with Crippen LogP contribution >= 0.6 is 11.3 Å². The Morgan fingerprint density at radius 1 is 1.26 bits per heavy atom. The lowest BCUT2D eigenvalue weighted by molar-refractivity contribution is -0.117. The summed E-state index contributed by atoms with van der Waals surface area (Å²) in [6, 6.07) is 14.0. The lowest BCUT2D eigenvalue weighted by Crippen LogP contribution is -2.25. The minimum Gasteiger partial charge on any atom is -0.345 e. The number of nitrogens with one attached hydrogen (secondary N) is 1. The molecule has 0 fully saturated rings. The van der Waals surface area contributed by atoms with Gasteiger partial charge in [0.15, 0.2) is 0 Å². The van der Waals surface area contributed by atoms with Crippen LogP contribution in [0.4, 0.5) is 0 Å². The predicted octanol–water partition coefficient (Wildman–Crippen LogP) is 4.03. The van der Waals surface area contributed by atoms with Crippen molar-refractivity contribution in [1.82, 2.24) is 5.32 Å². The Morgan fingerprint density at radius 2 is 2.05 bits per heavy atom. The number of carbonyl (C=O) groups is 1. The minimum atomic E-state index is -0.0518. The lowest BCUT2D eigenvalue weighted by Gasteiger charge is -2.13. The number of benzene rings is 1. The van der Waals surface area contributed by atoms with Gasteiger partial charge in [0.25, 0.3) is 0 Å². The first-order valence-electron chi connectivity index (χ1n) is 6.36. The van der Waals surface area contributed by atoms with E-state index in [0.29, 0.717) is 0 Å². The first-order chi connectivity index (χ1) is 9.29. The van der Waals surface area contributed by atoms with Crippen LogP contribution in [0.5, 0.6) is 0 Å². The molecule has 0 bridgehead atoms. The largest absolute Gasteiger partial charge is 0.345 e. The second-order valence-electron chi connectivity index (χ2n) is 4.23. The third-order valence-corrected chi connectivity index (χ3v) is 3.82. The highest BCUT2D eigenvalue weighted by Gasteiger charge is 2.11. The van der Waals surface area contributed by atoms with E-state index in [1.165, 1.54) is 4.88 Å². The van der Waals surface area contributed by atoms with Gasteiger partial charge in [-0.3, -0.25) is 4.79 Å². The van der Waals surface area contributed by atoms with E-state index in [2.05, 4.69) is 18.3 Å². The van der Waals surface area contributed by atoms with Crippen molar-refractivity contribution in [1.29, 1.82) is 0 Å². The quantitative estimate of drug-likeness (QED) is 0.817. The number of hydrogen-bond acceptors (Lipinski definition) is 2. The standard InChI is InChI=1S/C16H17NOS/c1-2-14(15-9-6-12-19-15)17-16(18)11-10-13-7-4-3-5-8-13/h3-12,14H,2H2,1H3,(H,17,18)/b11-10+/t14-/m0/s1. The van der Waals surface area contributed by atoms with Gasteiger partial charge in [-0.2, -0.15) is 0 Å². The summed E-state index contributed by atoms with van der Waals surface area (Å²) in [7, 11) is 0. The van der Waals surface area contributed by atoms with Crippen LogP contribution in [0.2, 0.25) is 0 Å². The summed E-state index contributed by atoms with van der Waals surface area (Å²) in [4.78, 5) is 13.1. The molecule has 2 nitrogen and oxygen atoms in total. The highest BCUT2D eigenvalue weighted by Crippen LogP contribution is 2.21. The molecule has 3 heteroatoms. The zero-order valence-corrected chi connectivity index (χ0v) is 11.7. The molecule has 1 aromatic carbocycles. The molecule has 0 aliphatic heterocycles. The number of thiophene rings is 1. The molecular formula is C16H17NOS. The Kier molecular flexibility index (Phi) is 4.93. The number of hydrogen-bond donors (Lipinski definition) is 1. The van der Waals surface area contributed by atoms with Crippen molar-refractivity contribution in [3.63, 3.8) is 0 Å². The van der Waals surface area contributed by atoms with Gasteiger partial charge in [0, 0.05) is 11.0 Å². The van der Waals surface area contributed by atoms with E-state index in [-0.39, 0.29) is 11.9 Å². The molecule has 0 unspecified atom stereocenters. The molecule has 0 saturated carbocycles. The van der Waals surface area contributed by atoms with Gasteiger partial charge in [-0.1, -0.05) is 43.3 Å². The van der Waals surface area contributed by atoms with Crippen LogP contribution in [0, 0.1) is 0 Å². The van der Waals surface area contributed by atoms with Crippen molar-refractivity contribution in [2.45, 2.75) is 19.4 Å². The van der Waals surface area contributed by atoms with Crippen molar-refractivity contribution < 1.29 is 4.79 Å². The maximum absolute atomic E-state index is 11.9. The van der Waals surface area contributed by atoms with Gasteiger partial charge in [0.05, 0.1) is 6.04 Å². The summed E-state index contributed by atoms with van der Waals surface area (Å²) in [6.45, 7) is 2.07. The van der Waals surface area contributed by atoms with E-state index < -0.39 is 0 Å². The average Bonchev–Trinajstić information content (AvgIpc) is 2.97. The van der Waals surface area contributed by atoms with Gasteiger partial charge in [-0.05, 0) is 29.5 Å². The summed E-state index contributed by atoms with van der Waals surface area (Å²) in [5.74, 6) is -0.0518. The molecule has 1 N–H and O–H groups in total. The Bertz CT molecular complexity index is 531. The molecule has 1 aromatic heterocycles. The molecular weight excluding hydrogens is 254 g/mol. The van der Waals surface area contributed by atoms with Gasteiger partial charge in [-0.25, -0.2) is 0 Å². The summed E-state index contributed by atoms with van der Waals surface area (Å²) in [6.07, 6.45) is 4.31. The van der Waals surface area contributed by atoms with Crippen molar-refractivity contribution in [2.24, 2.45) is 0 Å². The van der Waals surface area contributed by atoms with Gasteiger partial charge in [0.2, 0.25) is 5.91 Å². The number of rotatable bonds is 5. The van der Waals surface area contributed by atoms with Gasteiger partial charge >= 0.3 is 0 Å². The fourth-order valence-electron chi connectivity index (χ4n) is 1.82. The van der Waals surface area contributed by atoms with Crippen LogP contribution in [0.3, 0.4) is 0 Å². The molecule has 1 heterocycles. The minimum absolute atomic E-state index is 0.0518. The van der Waals surface area contributed by atoms with Crippen LogP contribution in [0.1, 0.15) is 29.8 Å². The molecule has 98 valence electrons. The Morgan fingerprint density at radius 3 is 2.68 bits per heavy atom. The van der Waals surface area contributed by atoms with Crippen molar-refractivity contribution >= 4 is 23.3 Å². The summed E-state index contributed by atoms with van der Waals surface area (Å²) in [5, 5.41) is 5.06. The maximum Gasteiger partial charge on any atom is 0.244 e. The Balaban J connectivity index is 1.95. The van der Waals surface area contributed by atoms with Crippen LogP contribution in [0.15, 0.2) is 53.9 Å². The van der Waals surface area contributed by atoms with Crippen LogP contribution in [0.25, 0.3) is 6.08 Å². The second kappa shape index (κ2) is 6.90. The van der Waals surface area contributed by atoms with E-state index in [0.717, 1.165) is 12.0 Å². The van der Waals surface area contributed by atoms with Crippen molar-refractivity contribution in [2.75, 3.05) is 0 Å². The molecule has 1 atom stereocenters. The molecule has 2 rings (SSSR count). The molecule has 2 aromatic rings. The molecule has 19 heavy (non-hydrogen) atoms. The van der Waals surface area contributed by atoms with Gasteiger partial charge in [-0.15, -0.1) is 11.3 Å².